The van der Waals surface area contributed by atoms with E-state index in [0.29, 0.717) is 15.7 Å². The summed E-state index contributed by atoms with van der Waals surface area (Å²) in [6.45, 7) is -2.44. The quantitative estimate of drug-likeness (QED) is 0.915. The van der Waals surface area contributed by atoms with Crippen molar-refractivity contribution in [1.82, 2.24) is 9.55 Å². The Morgan fingerprint density at radius 2 is 1.89 bits per heavy atom. The molecule has 96 valence electrons. The van der Waals surface area contributed by atoms with Gasteiger partial charge in [0.2, 0.25) is 0 Å². The van der Waals surface area contributed by atoms with Gasteiger partial charge in [-0.2, -0.15) is 8.78 Å². The number of rotatable bonds is 4. The number of nitrogens with one attached hydrogen (secondary N) is 1. The van der Waals surface area contributed by atoms with E-state index in [9.17, 15) is 8.78 Å². The average Bonchev–Trinajstić information content (AvgIpc) is 2.73. The van der Waals surface area contributed by atoms with Gasteiger partial charge in [0, 0.05) is 28.1 Å². The highest BCUT2D eigenvalue weighted by Crippen LogP contribution is 2.23. The summed E-state index contributed by atoms with van der Waals surface area (Å²) in [5.41, 5.74) is 0.649. The van der Waals surface area contributed by atoms with Gasteiger partial charge in [-0.15, -0.1) is 0 Å². The number of hydrogen-bond donors (Lipinski definition) is 1. The number of aromatic nitrogens is 2. The lowest BCUT2D eigenvalue weighted by molar-refractivity contribution is 0.0673. The number of hydrogen-bond acceptors (Lipinski definition) is 2. The summed E-state index contributed by atoms with van der Waals surface area (Å²) in [5.74, 6) is 0.237. The number of imidazole rings is 1. The first-order valence-corrected chi connectivity index (χ1v) is 5.81. The second-order valence-electron chi connectivity index (χ2n) is 3.54. The monoisotopic (exact) mass is 291 g/mol. The molecule has 1 aromatic carbocycles. The lowest BCUT2D eigenvalue weighted by Crippen LogP contribution is -2.09. The molecule has 0 radical (unpaired) electrons. The van der Waals surface area contributed by atoms with E-state index < -0.39 is 6.55 Å². The molecule has 3 nitrogen and oxygen atoms in total. The molecule has 7 heteroatoms. The molecule has 2 rings (SSSR count). The third kappa shape index (κ3) is 3.11. The lowest BCUT2D eigenvalue weighted by Gasteiger charge is -2.09. The Morgan fingerprint density at radius 3 is 2.50 bits per heavy atom. The number of halogens is 4. The van der Waals surface area contributed by atoms with Gasteiger partial charge in [0.1, 0.15) is 5.82 Å². The maximum absolute atomic E-state index is 12.6. The molecular weight excluding hydrogens is 283 g/mol. The third-order valence-electron chi connectivity index (χ3n) is 2.27. The molecule has 1 aromatic heterocycles. The van der Waals surface area contributed by atoms with Crippen LogP contribution in [0.15, 0.2) is 30.6 Å². The van der Waals surface area contributed by atoms with Crippen LogP contribution in [-0.2, 0) is 6.54 Å². The van der Waals surface area contributed by atoms with Gasteiger partial charge in [0.05, 0.1) is 6.54 Å². The van der Waals surface area contributed by atoms with Crippen molar-refractivity contribution >= 4 is 28.9 Å². The van der Waals surface area contributed by atoms with Crippen LogP contribution in [0.25, 0.3) is 0 Å². The normalized spacial score (nSPS) is 10.9. The molecule has 0 amide bonds. The number of alkyl halides is 2. The summed E-state index contributed by atoms with van der Waals surface area (Å²) in [6, 6.07) is 4.90. The minimum Gasteiger partial charge on any atom is -0.378 e. The van der Waals surface area contributed by atoms with E-state index >= 15 is 0 Å². The fraction of sp³-hybridized carbons (Fsp3) is 0.182. The Balaban J connectivity index is 2.09. The molecule has 18 heavy (non-hydrogen) atoms. The fourth-order valence-corrected chi connectivity index (χ4v) is 2.02. The Kier molecular flexibility index (Phi) is 4.04. The van der Waals surface area contributed by atoms with Gasteiger partial charge in [0.25, 0.3) is 0 Å². The molecule has 2 aromatic rings. The molecule has 0 bridgehead atoms. The van der Waals surface area contributed by atoms with Crippen molar-refractivity contribution < 1.29 is 8.78 Å². The van der Waals surface area contributed by atoms with Crippen LogP contribution in [0.3, 0.4) is 0 Å². The second-order valence-corrected chi connectivity index (χ2v) is 4.41. The summed E-state index contributed by atoms with van der Waals surface area (Å²) in [6.07, 6.45) is 2.56. The first kappa shape index (κ1) is 13.1. The molecule has 1 N–H and O–H groups in total. The van der Waals surface area contributed by atoms with Crippen LogP contribution in [0.1, 0.15) is 12.4 Å². The zero-order chi connectivity index (χ0) is 13.1. The topological polar surface area (TPSA) is 29.9 Å². The molecule has 0 aliphatic rings. The van der Waals surface area contributed by atoms with E-state index in [1.165, 1.54) is 12.4 Å². The molecule has 0 aliphatic carbocycles. The number of anilines is 1. The minimum absolute atomic E-state index is 0.161. The summed E-state index contributed by atoms with van der Waals surface area (Å²) < 4.78 is 25.9. The van der Waals surface area contributed by atoms with E-state index in [2.05, 4.69) is 10.3 Å². The van der Waals surface area contributed by atoms with Gasteiger partial charge in [-0.3, -0.25) is 4.57 Å². The van der Waals surface area contributed by atoms with E-state index in [1.54, 1.807) is 18.2 Å². The summed E-state index contributed by atoms with van der Waals surface area (Å²) in [5, 5.41) is 3.89. The molecule has 0 saturated carbocycles. The van der Waals surface area contributed by atoms with Crippen molar-refractivity contribution in [1.29, 1.82) is 0 Å². The average molecular weight is 292 g/mol. The highest BCUT2D eigenvalue weighted by Gasteiger charge is 2.10. The predicted molar refractivity (Wildman–Crippen MR) is 67.3 cm³/mol. The first-order chi connectivity index (χ1) is 8.56. The molecule has 1 heterocycles. The van der Waals surface area contributed by atoms with Crippen LogP contribution in [0.5, 0.6) is 0 Å². The summed E-state index contributed by atoms with van der Waals surface area (Å²) in [7, 11) is 0. The third-order valence-corrected chi connectivity index (χ3v) is 2.71. The Bertz CT molecular complexity index is 523. The Labute approximate surface area is 112 Å². The van der Waals surface area contributed by atoms with Crippen LogP contribution in [-0.4, -0.2) is 9.55 Å². The standard InChI is InChI=1S/C11H9Cl2F2N3/c12-7-3-8(13)5-9(4-7)17-6-10-16-1-2-18(10)11(14)15/h1-5,11,17H,6H2. The molecule has 0 fully saturated rings. The highest BCUT2D eigenvalue weighted by molar-refractivity contribution is 6.35. The first-order valence-electron chi connectivity index (χ1n) is 5.06. The van der Waals surface area contributed by atoms with Gasteiger partial charge in [-0.25, -0.2) is 4.98 Å². The Morgan fingerprint density at radius 1 is 1.22 bits per heavy atom. The molecule has 0 aliphatic heterocycles. The summed E-state index contributed by atoms with van der Waals surface area (Å²) >= 11 is 11.7. The van der Waals surface area contributed by atoms with Crippen LogP contribution >= 0.6 is 23.2 Å². The van der Waals surface area contributed by atoms with Crippen molar-refractivity contribution in [3.05, 3.63) is 46.5 Å². The van der Waals surface area contributed by atoms with Gasteiger partial charge >= 0.3 is 6.55 Å². The number of nitrogens with zero attached hydrogens (tertiary/aromatic N) is 2. The Hall–Kier alpha value is -1.33. The van der Waals surface area contributed by atoms with E-state index in [0.717, 1.165) is 4.57 Å². The second kappa shape index (κ2) is 5.54. The van der Waals surface area contributed by atoms with E-state index in [4.69, 9.17) is 23.2 Å². The zero-order valence-corrected chi connectivity index (χ0v) is 10.6. The number of benzene rings is 1. The molecule has 0 atom stereocenters. The highest BCUT2D eigenvalue weighted by atomic mass is 35.5. The van der Waals surface area contributed by atoms with Gasteiger partial charge in [-0.05, 0) is 18.2 Å². The lowest BCUT2D eigenvalue weighted by atomic mass is 10.3. The van der Waals surface area contributed by atoms with Crippen LogP contribution in [0.4, 0.5) is 14.5 Å². The minimum atomic E-state index is -2.60. The van der Waals surface area contributed by atoms with Gasteiger partial charge < -0.3 is 5.32 Å². The van der Waals surface area contributed by atoms with E-state index in [1.807, 2.05) is 0 Å². The van der Waals surface area contributed by atoms with Crippen molar-refractivity contribution in [2.75, 3.05) is 5.32 Å². The smallest absolute Gasteiger partial charge is 0.319 e. The van der Waals surface area contributed by atoms with Crippen molar-refractivity contribution in [2.45, 2.75) is 13.1 Å². The SMILES string of the molecule is FC(F)n1ccnc1CNc1cc(Cl)cc(Cl)c1. The molecular formula is C11H9Cl2F2N3. The zero-order valence-electron chi connectivity index (χ0n) is 9.08. The summed E-state index contributed by atoms with van der Waals surface area (Å²) in [4.78, 5) is 3.85. The van der Waals surface area contributed by atoms with Crippen LogP contribution in [0, 0.1) is 0 Å². The van der Waals surface area contributed by atoms with Gasteiger partial charge in [-0.1, -0.05) is 23.2 Å². The largest absolute Gasteiger partial charge is 0.378 e. The molecule has 0 spiro atoms. The fourth-order valence-electron chi connectivity index (χ4n) is 1.50. The van der Waals surface area contributed by atoms with E-state index in [-0.39, 0.29) is 12.4 Å². The maximum Gasteiger partial charge on any atom is 0.319 e. The van der Waals surface area contributed by atoms with Crippen molar-refractivity contribution in [3.63, 3.8) is 0 Å². The molecule has 0 saturated heterocycles. The van der Waals surface area contributed by atoms with Crippen LogP contribution in [0.2, 0.25) is 10.0 Å². The van der Waals surface area contributed by atoms with Crippen molar-refractivity contribution in [3.8, 4) is 0 Å². The molecule has 0 unspecified atom stereocenters. The maximum atomic E-state index is 12.6. The van der Waals surface area contributed by atoms with Crippen LogP contribution < -0.4 is 5.32 Å². The predicted octanol–water partition coefficient (Wildman–Crippen LogP) is 4.20. The van der Waals surface area contributed by atoms with Gasteiger partial charge in [0.15, 0.2) is 0 Å². The van der Waals surface area contributed by atoms with Crippen molar-refractivity contribution in [2.24, 2.45) is 0 Å².